The van der Waals surface area contributed by atoms with Crippen LogP contribution >= 0.6 is 0 Å². The summed E-state index contributed by atoms with van der Waals surface area (Å²) in [6, 6.07) is 19.3. The number of fused-ring (bicyclic) bond motifs is 1. The molecule has 1 atom stereocenters. The second-order valence-corrected chi connectivity index (χ2v) is 12.6. The van der Waals surface area contributed by atoms with Gasteiger partial charge in [-0.25, -0.2) is 22.3 Å². The Morgan fingerprint density at radius 2 is 1.46 bits per heavy atom. The summed E-state index contributed by atoms with van der Waals surface area (Å²) >= 11 is 0. The smallest absolute Gasteiger partial charge is 0.259 e. The molecular weight excluding hydrogens is 544 g/mol. The number of nitrogens with zero attached hydrogens (tertiary/aromatic N) is 3. The van der Waals surface area contributed by atoms with E-state index < -0.39 is 32.0 Å². The van der Waals surface area contributed by atoms with Crippen LogP contribution in [0.25, 0.3) is 0 Å². The van der Waals surface area contributed by atoms with Gasteiger partial charge in [0.15, 0.2) is 11.5 Å². The highest BCUT2D eigenvalue weighted by atomic mass is 32.2. The van der Waals surface area contributed by atoms with Gasteiger partial charge >= 0.3 is 0 Å². The second kappa shape index (κ2) is 11.1. The lowest BCUT2D eigenvalue weighted by Crippen LogP contribution is -2.60. The number of sulfonamides is 2. The summed E-state index contributed by atoms with van der Waals surface area (Å²) in [7, 11) is -8.09. The third kappa shape index (κ3) is 5.52. The Morgan fingerprint density at radius 3 is 2.15 bits per heavy atom. The van der Waals surface area contributed by atoms with Crippen molar-refractivity contribution >= 4 is 32.2 Å². The first-order chi connectivity index (χ1) is 18.8. The summed E-state index contributed by atoms with van der Waals surface area (Å²) in [5.41, 5.74) is 2.93. The zero-order valence-electron chi connectivity index (χ0n) is 20.7. The quantitative estimate of drug-likeness (QED) is 0.337. The van der Waals surface area contributed by atoms with Crippen molar-refractivity contribution < 1.29 is 31.1 Å². The molecule has 2 aliphatic heterocycles. The molecule has 2 heterocycles. The number of ether oxygens (including phenoxy) is 2. The minimum Gasteiger partial charge on any atom is -0.486 e. The van der Waals surface area contributed by atoms with E-state index in [1.807, 2.05) is 0 Å². The van der Waals surface area contributed by atoms with Crippen LogP contribution in [0.1, 0.15) is 5.56 Å². The van der Waals surface area contributed by atoms with Crippen LogP contribution in [0.15, 0.2) is 93.8 Å². The van der Waals surface area contributed by atoms with Crippen molar-refractivity contribution in [3.8, 4) is 11.5 Å². The van der Waals surface area contributed by atoms with E-state index in [0.29, 0.717) is 30.3 Å². The van der Waals surface area contributed by atoms with Crippen molar-refractivity contribution in [2.75, 3.05) is 32.8 Å². The molecule has 1 saturated heterocycles. The summed E-state index contributed by atoms with van der Waals surface area (Å²) in [6.45, 7) is 0.0546. The lowest BCUT2D eigenvalue weighted by molar-refractivity contribution is -0.125. The van der Waals surface area contributed by atoms with Crippen molar-refractivity contribution in [2.24, 2.45) is 5.10 Å². The van der Waals surface area contributed by atoms with Gasteiger partial charge < -0.3 is 9.47 Å². The lowest BCUT2D eigenvalue weighted by atomic mass is 10.2. The van der Waals surface area contributed by atoms with E-state index in [-0.39, 0.29) is 29.4 Å². The minimum atomic E-state index is -4.12. The Balaban J connectivity index is 1.42. The van der Waals surface area contributed by atoms with Crippen molar-refractivity contribution in [2.45, 2.75) is 15.8 Å². The molecule has 2 aliphatic rings. The van der Waals surface area contributed by atoms with Gasteiger partial charge in [-0.05, 0) is 36.4 Å². The molecule has 1 amide bonds. The maximum Gasteiger partial charge on any atom is 0.259 e. The Bertz CT molecular complexity index is 1580. The van der Waals surface area contributed by atoms with Gasteiger partial charge in [0.1, 0.15) is 19.3 Å². The highest BCUT2D eigenvalue weighted by Gasteiger charge is 2.43. The largest absolute Gasteiger partial charge is 0.486 e. The van der Waals surface area contributed by atoms with E-state index in [9.17, 15) is 21.6 Å². The molecule has 3 aromatic rings. The van der Waals surface area contributed by atoms with Crippen LogP contribution in [-0.2, 0) is 24.8 Å². The Morgan fingerprint density at radius 1 is 0.821 bits per heavy atom. The summed E-state index contributed by atoms with van der Waals surface area (Å²) in [6.07, 6.45) is 1.36. The fourth-order valence-electron chi connectivity index (χ4n) is 4.37. The number of para-hydroxylation sites is 1. The molecule has 0 saturated carbocycles. The number of nitrogens with one attached hydrogen (secondary N) is 1. The minimum absolute atomic E-state index is 0.00118. The van der Waals surface area contributed by atoms with Crippen molar-refractivity contribution in [1.29, 1.82) is 0 Å². The van der Waals surface area contributed by atoms with Gasteiger partial charge in [0.05, 0.1) is 16.0 Å². The standard InChI is InChI=1S/C26H26N4O7S2/c31-26(28-27-18-20-8-7-13-24-25(20)37-17-16-36-24)23-19-29(38(32,33)21-9-3-1-4-10-21)14-15-30(23)39(34,35)22-11-5-2-6-12-22/h1-13,18,23H,14-17,19H2,(H,28,31)/b27-18-/t23-/m0/s1. The molecule has 204 valence electrons. The number of hydrazone groups is 1. The highest BCUT2D eigenvalue weighted by molar-refractivity contribution is 7.89. The zero-order chi connectivity index (χ0) is 27.5. The van der Waals surface area contributed by atoms with Gasteiger partial charge in [-0.1, -0.05) is 42.5 Å². The predicted octanol–water partition coefficient (Wildman–Crippen LogP) is 1.67. The van der Waals surface area contributed by atoms with Gasteiger partial charge in [-0.15, -0.1) is 0 Å². The van der Waals surface area contributed by atoms with Crippen LogP contribution < -0.4 is 14.9 Å². The van der Waals surface area contributed by atoms with Gasteiger partial charge in [-0.2, -0.15) is 13.7 Å². The van der Waals surface area contributed by atoms with Gasteiger partial charge in [0, 0.05) is 25.2 Å². The van der Waals surface area contributed by atoms with Gasteiger partial charge in [-0.3, -0.25) is 4.79 Å². The highest BCUT2D eigenvalue weighted by Crippen LogP contribution is 2.32. The monoisotopic (exact) mass is 570 g/mol. The number of benzene rings is 3. The maximum atomic E-state index is 13.5. The molecule has 0 bridgehead atoms. The average molecular weight is 571 g/mol. The Hall–Kier alpha value is -3.78. The van der Waals surface area contributed by atoms with Crippen LogP contribution in [0.3, 0.4) is 0 Å². The number of carbonyl (C=O) groups is 1. The molecule has 0 aromatic heterocycles. The van der Waals surface area contributed by atoms with Gasteiger partial charge in [0.25, 0.3) is 5.91 Å². The first kappa shape index (κ1) is 26.8. The topological polar surface area (TPSA) is 135 Å². The Labute approximate surface area is 226 Å². The molecule has 39 heavy (non-hydrogen) atoms. The molecule has 3 aromatic carbocycles. The first-order valence-corrected chi connectivity index (χ1v) is 15.0. The first-order valence-electron chi connectivity index (χ1n) is 12.1. The summed E-state index contributed by atoms with van der Waals surface area (Å²) in [5, 5.41) is 4.01. The Kier molecular flexibility index (Phi) is 7.66. The van der Waals surface area contributed by atoms with Crippen molar-refractivity contribution in [1.82, 2.24) is 14.0 Å². The normalized spacial score (nSPS) is 18.6. The second-order valence-electron chi connectivity index (χ2n) is 8.73. The molecule has 5 rings (SSSR count). The molecule has 0 spiro atoms. The van der Waals surface area contributed by atoms with Crippen LogP contribution in [0.5, 0.6) is 11.5 Å². The number of hydrogen-bond donors (Lipinski definition) is 1. The van der Waals surface area contributed by atoms with E-state index in [1.54, 1.807) is 54.6 Å². The number of rotatable bonds is 7. The molecule has 1 fully saturated rings. The van der Waals surface area contributed by atoms with E-state index in [4.69, 9.17) is 9.47 Å². The molecule has 11 nitrogen and oxygen atoms in total. The fraction of sp³-hybridized carbons (Fsp3) is 0.231. The lowest BCUT2D eigenvalue weighted by Gasteiger charge is -2.38. The number of hydrogen-bond acceptors (Lipinski definition) is 8. The van der Waals surface area contributed by atoms with Crippen LogP contribution in [-0.4, -0.2) is 76.5 Å². The zero-order valence-corrected chi connectivity index (χ0v) is 22.3. The summed E-state index contributed by atoms with van der Waals surface area (Å²) in [4.78, 5) is 13.4. The predicted molar refractivity (Wildman–Crippen MR) is 142 cm³/mol. The molecule has 0 aliphatic carbocycles. The fourth-order valence-corrected chi connectivity index (χ4v) is 7.42. The maximum absolute atomic E-state index is 13.5. The van der Waals surface area contributed by atoms with Crippen molar-refractivity contribution in [3.63, 3.8) is 0 Å². The molecule has 0 unspecified atom stereocenters. The molecular formula is C26H26N4O7S2. The summed E-state index contributed by atoms with van der Waals surface area (Å²) in [5.74, 6) is 0.249. The van der Waals surface area contributed by atoms with Crippen LogP contribution in [0, 0.1) is 0 Å². The van der Waals surface area contributed by atoms with Crippen LogP contribution in [0.2, 0.25) is 0 Å². The SMILES string of the molecule is O=C(N/N=C\c1cccc2c1OCCO2)[C@@H]1CN(S(=O)(=O)c2ccccc2)CCN1S(=O)(=O)c1ccccc1. The van der Waals surface area contributed by atoms with E-state index in [0.717, 1.165) is 8.61 Å². The summed E-state index contributed by atoms with van der Waals surface area (Å²) < 4.78 is 66.9. The van der Waals surface area contributed by atoms with Gasteiger partial charge in [0.2, 0.25) is 20.0 Å². The molecule has 13 heteroatoms. The number of piperazine rings is 1. The average Bonchev–Trinajstić information content (AvgIpc) is 2.98. The van der Waals surface area contributed by atoms with Crippen molar-refractivity contribution in [3.05, 3.63) is 84.4 Å². The third-order valence-corrected chi connectivity index (χ3v) is 10.1. The number of amides is 1. The molecule has 1 N–H and O–H groups in total. The molecule has 0 radical (unpaired) electrons. The van der Waals surface area contributed by atoms with Crippen LogP contribution in [0.4, 0.5) is 0 Å². The van der Waals surface area contributed by atoms with E-state index in [2.05, 4.69) is 10.5 Å². The third-order valence-electron chi connectivity index (χ3n) is 6.30. The van der Waals surface area contributed by atoms with E-state index in [1.165, 1.54) is 30.5 Å². The van der Waals surface area contributed by atoms with E-state index >= 15 is 0 Å². The number of carbonyl (C=O) groups excluding carboxylic acids is 1.